The number of nitrogen functional groups attached to an aromatic ring is 1. The molecule has 0 heterocycles. The summed E-state index contributed by atoms with van der Waals surface area (Å²) in [6, 6.07) is 4.12. The van der Waals surface area contributed by atoms with Gasteiger partial charge in [-0.2, -0.15) is 0 Å². The number of rotatable bonds is 0. The lowest BCUT2D eigenvalue weighted by molar-refractivity contribution is 0.585. The summed E-state index contributed by atoms with van der Waals surface area (Å²) in [7, 11) is 0. The average molecular weight is 177 g/mol. The molecule has 0 aliphatic heterocycles. The number of hydrogen-bond donors (Lipinski definition) is 1. The zero-order chi connectivity index (χ0) is 10.2. The summed E-state index contributed by atoms with van der Waals surface area (Å²) in [4.78, 5) is 0. The van der Waals surface area contributed by atoms with Crippen LogP contribution in [0.3, 0.4) is 0 Å². The van der Waals surface area contributed by atoms with E-state index < -0.39 is 0 Å². The molecule has 1 heteroatoms. The molecule has 0 saturated carbocycles. The van der Waals surface area contributed by atoms with Crippen molar-refractivity contribution in [3.8, 4) is 0 Å². The minimum Gasteiger partial charge on any atom is -0.399 e. The Balaban J connectivity index is 3.37. The maximum Gasteiger partial charge on any atom is 0.0319 e. The zero-order valence-corrected chi connectivity index (χ0v) is 9.23. The zero-order valence-electron chi connectivity index (χ0n) is 9.23. The topological polar surface area (TPSA) is 26.0 Å². The number of anilines is 1. The molecule has 0 bridgehead atoms. The second kappa shape index (κ2) is 3.06. The number of aryl methyl sites for hydroxylation is 1. The molecule has 0 spiro atoms. The van der Waals surface area contributed by atoms with Crippen LogP contribution < -0.4 is 5.73 Å². The summed E-state index contributed by atoms with van der Waals surface area (Å²) in [5.41, 5.74) is 10.9. The van der Waals surface area contributed by atoms with Gasteiger partial charge in [0.15, 0.2) is 0 Å². The molecule has 72 valence electrons. The second-order valence-corrected chi connectivity index (χ2v) is 4.76. The molecule has 0 aliphatic carbocycles. The van der Waals surface area contributed by atoms with Crippen molar-refractivity contribution in [1.29, 1.82) is 0 Å². The number of nitrogens with two attached hydrogens (primary N) is 1. The summed E-state index contributed by atoms with van der Waals surface area (Å²) in [5, 5.41) is 0. The van der Waals surface area contributed by atoms with Gasteiger partial charge in [-0.3, -0.25) is 0 Å². The van der Waals surface area contributed by atoms with Crippen LogP contribution in [0.2, 0.25) is 0 Å². The van der Waals surface area contributed by atoms with E-state index in [0.717, 1.165) is 5.69 Å². The first-order valence-corrected chi connectivity index (χ1v) is 4.69. The molecule has 0 amide bonds. The summed E-state index contributed by atoms with van der Waals surface area (Å²) in [6.07, 6.45) is 0. The first-order valence-electron chi connectivity index (χ1n) is 4.69. The molecule has 0 unspecified atom stereocenters. The predicted octanol–water partition coefficient (Wildman–Crippen LogP) is 3.18. The standard InChI is InChI=1S/C12H19N/c1-8-6-10(13)7-11(9(8)2)12(3,4)5/h6-7H,13H2,1-5H3. The molecule has 0 atom stereocenters. The molecule has 1 rings (SSSR count). The van der Waals surface area contributed by atoms with Gasteiger partial charge in [0.05, 0.1) is 0 Å². The van der Waals surface area contributed by atoms with Crippen LogP contribution in [0, 0.1) is 13.8 Å². The van der Waals surface area contributed by atoms with Crippen molar-refractivity contribution in [3.05, 3.63) is 28.8 Å². The molecule has 1 aromatic carbocycles. The van der Waals surface area contributed by atoms with Crippen molar-refractivity contribution >= 4 is 5.69 Å². The van der Waals surface area contributed by atoms with Crippen LogP contribution >= 0.6 is 0 Å². The fraction of sp³-hybridized carbons (Fsp3) is 0.500. The van der Waals surface area contributed by atoms with Crippen molar-refractivity contribution in [1.82, 2.24) is 0 Å². The van der Waals surface area contributed by atoms with Gasteiger partial charge >= 0.3 is 0 Å². The highest BCUT2D eigenvalue weighted by Gasteiger charge is 2.17. The van der Waals surface area contributed by atoms with Gasteiger partial charge < -0.3 is 5.73 Å². The van der Waals surface area contributed by atoms with Crippen molar-refractivity contribution in [2.24, 2.45) is 0 Å². The van der Waals surface area contributed by atoms with E-state index in [1.54, 1.807) is 0 Å². The Morgan fingerprint density at radius 2 is 1.62 bits per heavy atom. The molecule has 0 fully saturated rings. The smallest absolute Gasteiger partial charge is 0.0319 e. The highest BCUT2D eigenvalue weighted by Crippen LogP contribution is 2.29. The van der Waals surface area contributed by atoms with E-state index in [1.165, 1.54) is 16.7 Å². The van der Waals surface area contributed by atoms with E-state index in [2.05, 4.69) is 40.7 Å². The third-order valence-electron chi connectivity index (χ3n) is 2.50. The Labute approximate surface area is 81.0 Å². The lowest BCUT2D eigenvalue weighted by Crippen LogP contribution is -2.14. The highest BCUT2D eigenvalue weighted by molar-refractivity contribution is 5.50. The van der Waals surface area contributed by atoms with E-state index >= 15 is 0 Å². The lowest BCUT2D eigenvalue weighted by Gasteiger charge is -2.23. The van der Waals surface area contributed by atoms with E-state index in [4.69, 9.17) is 5.73 Å². The molecule has 1 nitrogen and oxygen atoms in total. The largest absolute Gasteiger partial charge is 0.399 e. The van der Waals surface area contributed by atoms with Crippen LogP contribution in [-0.4, -0.2) is 0 Å². The van der Waals surface area contributed by atoms with Crippen LogP contribution in [0.15, 0.2) is 12.1 Å². The Bertz CT molecular complexity index is 319. The summed E-state index contributed by atoms with van der Waals surface area (Å²) >= 11 is 0. The fourth-order valence-electron chi connectivity index (χ4n) is 1.67. The van der Waals surface area contributed by atoms with E-state index in [9.17, 15) is 0 Å². The van der Waals surface area contributed by atoms with Crippen LogP contribution in [0.5, 0.6) is 0 Å². The maximum atomic E-state index is 5.82. The summed E-state index contributed by atoms with van der Waals surface area (Å²) in [5.74, 6) is 0. The van der Waals surface area contributed by atoms with Gasteiger partial charge in [-0.15, -0.1) is 0 Å². The van der Waals surface area contributed by atoms with Gasteiger partial charge in [-0.25, -0.2) is 0 Å². The molecule has 0 radical (unpaired) electrons. The molecular weight excluding hydrogens is 158 g/mol. The molecule has 2 N–H and O–H groups in total. The monoisotopic (exact) mass is 177 g/mol. The number of hydrogen-bond acceptors (Lipinski definition) is 1. The van der Waals surface area contributed by atoms with Crippen LogP contribution in [0.4, 0.5) is 5.69 Å². The van der Waals surface area contributed by atoms with Gasteiger partial charge in [0.25, 0.3) is 0 Å². The van der Waals surface area contributed by atoms with Gasteiger partial charge in [-0.05, 0) is 48.1 Å². The lowest BCUT2D eigenvalue weighted by atomic mass is 9.82. The Kier molecular flexibility index (Phi) is 2.38. The third-order valence-corrected chi connectivity index (χ3v) is 2.50. The first-order chi connectivity index (χ1) is 5.82. The van der Waals surface area contributed by atoms with Crippen molar-refractivity contribution in [2.45, 2.75) is 40.0 Å². The SMILES string of the molecule is Cc1cc(N)cc(C(C)(C)C)c1C. The van der Waals surface area contributed by atoms with E-state index in [0.29, 0.717) is 0 Å². The normalized spacial score (nSPS) is 11.8. The first kappa shape index (κ1) is 10.1. The molecular formula is C12H19N. The minimum absolute atomic E-state index is 0.185. The van der Waals surface area contributed by atoms with Crippen LogP contribution in [0.1, 0.15) is 37.5 Å². The van der Waals surface area contributed by atoms with Gasteiger partial charge in [0.2, 0.25) is 0 Å². The van der Waals surface area contributed by atoms with Gasteiger partial charge in [0.1, 0.15) is 0 Å². The molecule has 0 aliphatic rings. The number of benzene rings is 1. The van der Waals surface area contributed by atoms with Crippen LogP contribution in [0.25, 0.3) is 0 Å². The van der Waals surface area contributed by atoms with Crippen molar-refractivity contribution in [3.63, 3.8) is 0 Å². The van der Waals surface area contributed by atoms with Gasteiger partial charge in [0, 0.05) is 5.69 Å². The Hall–Kier alpha value is -0.980. The third kappa shape index (κ3) is 2.03. The molecule has 0 saturated heterocycles. The quantitative estimate of drug-likeness (QED) is 0.605. The molecule has 13 heavy (non-hydrogen) atoms. The van der Waals surface area contributed by atoms with Gasteiger partial charge in [-0.1, -0.05) is 20.8 Å². The summed E-state index contributed by atoms with van der Waals surface area (Å²) in [6.45, 7) is 10.9. The fourth-order valence-corrected chi connectivity index (χ4v) is 1.67. The average Bonchev–Trinajstić information content (AvgIpc) is 1.94. The second-order valence-electron chi connectivity index (χ2n) is 4.76. The molecule has 0 aromatic heterocycles. The van der Waals surface area contributed by atoms with E-state index in [-0.39, 0.29) is 5.41 Å². The highest BCUT2D eigenvalue weighted by atomic mass is 14.5. The van der Waals surface area contributed by atoms with E-state index in [1.807, 2.05) is 6.07 Å². The summed E-state index contributed by atoms with van der Waals surface area (Å²) < 4.78 is 0. The van der Waals surface area contributed by atoms with Crippen molar-refractivity contribution in [2.75, 3.05) is 5.73 Å². The maximum absolute atomic E-state index is 5.82. The predicted molar refractivity (Wildman–Crippen MR) is 59.0 cm³/mol. The minimum atomic E-state index is 0.185. The van der Waals surface area contributed by atoms with Crippen LogP contribution in [-0.2, 0) is 5.41 Å². The Morgan fingerprint density at radius 3 is 2.08 bits per heavy atom. The van der Waals surface area contributed by atoms with Crippen molar-refractivity contribution < 1.29 is 0 Å². The Morgan fingerprint density at radius 1 is 1.08 bits per heavy atom. The molecule has 1 aromatic rings.